The van der Waals surface area contributed by atoms with Crippen LogP contribution in [-0.2, 0) is 9.53 Å². The fraction of sp³-hybridized carbons (Fsp3) is 0.909. The Morgan fingerprint density at radius 1 is 1.53 bits per heavy atom. The monoisotopic (exact) mass is 214 g/mol. The first kappa shape index (κ1) is 12.5. The van der Waals surface area contributed by atoms with Crippen molar-refractivity contribution in [3.8, 4) is 0 Å². The first-order valence-electron chi connectivity index (χ1n) is 5.59. The first-order chi connectivity index (χ1) is 6.99. The van der Waals surface area contributed by atoms with Crippen molar-refractivity contribution in [1.82, 2.24) is 10.6 Å². The van der Waals surface area contributed by atoms with Crippen molar-refractivity contribution in [1.29, 1.82) is 0 Å². The maximum absolute atomic E-state index is 11.6. The second kappa shape index (κ2) is 5.47. The van der Waals surface area contributed by atoms with Gasteiger partial charge in [0.1, 0.15) is 6.10 Å². The molecule has 88 valence electrons. The molecule has 1 unspecified atom stereocenters. The molecule has 1 aliphatic rings. The molecule has 1 saturated heterocycles. The van der Waals surface area contributed by atoms with Crippen molar-refractivity contribution in [3.05, 3.63) is 0 Å². The molecule has 1 amide bonds. The van der Waals surface area contributed by atoms with E-state index in [1.807, 2.05) is 0 Å². The molecule has 1 atom stereocenters. The number of ether oxygens (including phenoxy) is 1. The zero-order chi connectivity index (χ0) is 11.3. The summed E-state index contributed by atoms with van der Waals surface area (Å²) in [5, 5.41) is 6.04. The predicted octanol–water partition coefficient (Wildman–Crippen LogP) is 0.527. The van der Waals surface area contributed by atoms with Gasteiger partial charge in [-0.15, -0.1) is 0 Å². The Morgan fingerprint density at radius 2 is 2.27 bits per heavy atom. The summed E-state index contributed by atoms with van der Waals surface area (Å²) in [6, 6.07) is 0. The summed E-state index contributed by atoms with van der Waals surface area (Å²) in [7, 11) is 0. The summed E-state index contributed by atoms with van der Waals surface area (Å²) in [5.74, 6) is 0.00597. The summed E-state index contributed by atoms with van der Waals surface area (Å²) < 4.78 is 5.35. The molecule has 0 saturated carbocycles. The number of carbonyl (C=O) groups excluding carboxylic acids is 1. The lowest BCUT2D eigenvalue weighted by Gasteiger charge is -2.24. The van der Waals surface area contributed by atoms with Crippen molar-refractivity contribution in [2.45, 2.75) is 33.3 Å². The molecule has 1 aliphatic heterocycles. The molecule has 4 nitrogen and oxygen atoms in total. The van der Waals surface area contributed by atoms with Crippen LogP contribution < -0.4 is 10.6 Å². The smallest absolute Gasteiger partial charge is 0.250 e. The van der Waals surface area contributed by atoms with E-state index < -0.39 is 0 Å². The number of amides is 1. The van der Waals surface area contributed by atoms with Crippen molar-refractivity contribution >= 4 is 5.91 Å². The molecule has 1 heterocycles. The molecule has 0 spiro atoms. The van der Waals surface area contributed by atoms with E-state index in [9.17, 15) is 4.79 Å². The maximum atomic E-state index is 11.6. The normalized spacial score (nSPS) is 22.5. The van der Waals surface area contributed by atoms with Crippen LogP contribution in [0.15, 0.2) is 0 Å². The number of morpholine rings is 1. The summed E-state index contributed by atoms with van der Waals surface area (Å²) in [4.78, 5) is 11.6. The molecule has 0 aromatic heterocycles. The average Bonchev–Trinajstić information content (AvgIpc) is 2.17. The Morgan fingerprint density at radius 3 is 2.80 bits per heavy atom. The number of rotatable bonds is 3. The van der Waals surface area contributed by atoms with Crippen LogP contribution in [0.25, 0.3) is 0 Å². The van der Waals surface area contributed by atoms with Gasteiger partial charge in [-0.25, -0.2) is 0 Å². The third-order valence-electron chi connectivity index (χ3n) is 2.39. The number of carbonyl (C=O) groups is 1. The minimum absolute atomic E-state index is 0.00597. The standard InChI is InChI=1S/C11H22N2O2/c1-11(2,3)4-5-13-10(14)9-8-12-6-7-15-9/h9,12H,4-8H2,1-3H3,(H,13,14). The molecular formula is C11H22N2O2. The number of nitrogens with one attached hydrogen (secondary N) is 2. The molecule has 1 rings (SSSR count). The van der Waals surface area contributed by atoms with E-state index in [4.69, 9.17) is 4.74 Å². The molecule has 0 aliphatic carbocycles. The number of hydrogen-bond donors (Lipinski definition) is 2. The molecule has 4 heteroatoms. The Balaban J connectivity index is 2.17. The van der Waals surface area contributed by atoms with Gasteiger partial charge in [0.25, 0.3) is 0 Å². The highest BCUT2D eigenvalue weighted by Crippen LogP contribution is 2.16. The van der Waals surface area contributed by atoms with Crippen LogP contribution in [0.5, 0.6) is 0 Å². The Labute approximate surface area is 91.8 Å². The Hall–Kier alpha value is -0.610. The second-order valence-corrected chi connectivity index (χ2v) is 5.17. The quantitative estimate of drug-likeness (QED) is 0.720. The van der Waals surface area contributed by atoms with Gasteiger partial charge in [-0.2, -0.15) is 0 Å². The molecule has 0 aromatic rings. The lowest BCUT2D eigenvalue weighted by Crippen LogP contribution is -2.48. The fourth-order valence-corrected chi connectivity index (χ4v) is 1.41. The van der Waals surface area contributed by atoms with Gasteiger partial charge < -0.3 is 15.4 Å². The van der Waals surface area contributed by atoms with Crippen molar-refractivity contribution in [3.63, 3.8) is 0 Å². The largest absolute Gasteiger partial charge is 0.366 e. The topological polar surface area (TPSA) is 50.4 Å². The number of hydrogen-bond acceptors (Lipinski definition) is 3. The summed E-state index contributed by atoms with van der Waals surface area (Å²) >= 11 is 0. The van der Waals surface area contributed by atoms with Crippen LogP contribution in [0, 0.1) is 5.41 Å². The summed E-state index contributed by atoms with van der Waals surface area (Å²) in [6.45, 7) is 9.31. The third-order valence-corrected chi connectivity index (χ3v) is 2.39. The Kier molecular flexibility index (Phi) is 4.54. The van der Waals surface area contributed by atoms with Gasteiger partial charge >= 0.3 is 0 Å². The van der Waals surface area contributed by atoms with E-state index in [1.54, 1.807) is 0 Å². The zero-order valence-electron chi connectivity index (χ0n) is 9.93. The molecule has 15 heavy (non-hydrogen) atoms. The van der Waals surface area contributed by atoms with Crippen LogP contribution in [0.1, 0.15) is 27.2 Å². The molecule has 0 aromatic carbocycles. The van der Waals surface area contributed by atoms with E-state index in [1.165, 1.54) is 0 Å². The lowest BCUT2D eigenvalue weighted by molar-refractivity contribution is -0.134. The van der Waals surface area contributed by atoms with Crippen LogP contribution in [-0.4, -0.2) is 38.3 Å². The molecular weight excluding hydrogens is 192 g/mol. The van der Waals surface area contributed by atoms with Gasteiger partial charge in [0.2, 0.25) is 5.91 Å². The summed E-state index contributed by atoms with van der Waals surface area (Å²) in [6.07, 6.45) is 0.678. The lowest BCUT2D eigenvalue weighted by atomic mass is 9.92. The summed E-state index contributed by atoms with van der Waals surface area (Å²) in [5.41, 5.74) is 0.263. The minimum Gasteiger partial charge on any atom is -0.366 e. The van der Waals surface area contributed by atoms with Crippen molar-refractivity contribution < 1.29 is 9.53 Å². The van der Waals surface area contributed by atoms with Crippen LogP contribution in [0.3, 0.4) is 0 Å². The van der Waals surface area contributed by atoms with Crippen molar-refractivity contribution in [2.75, 3.05) is 26.2 Å². The minimum atomic E-state index is -0.307. The highest BCUT2D eigenvalue weighted by atomic mass is 16.5. The zero-order valence-corrected chi connectivity index (χ0v) is 9.93. The van der Waals surface area contributed by atoms with Crippen LogP contribution in [0.4, 0.5) is 0 Å². The highest BCUT2D eigenvalue weighted by molar-refractivity contribution is 5.81. The van der Waals surface area contributed by atoms with E-state index >= 15 is 0 Å². The molecule has 1 fully saturated rings. The molecule has 2 N–H and O–H groups in total. The van der Waals surface area contributed by atoms with Gasteiger partial charge in [-0.3, -0.25) is 4.79 Å². The van der Waals surface area contributed by atoms with Gasteiger partial charge in [-0.05, 0) is 11.8 Å². The van der Waals surface area contributed by atoms with E-state index in [0.29, 0.717) is 13.2 Å². The SMILES string of the molecule is CC(C)(C)CCNC(=O)C1CNCCO1. The van der Waals surface area contributed by atoms with Gasteiger partial charge in [0.05, 0.1) is 6.61 Å². The first-order valence-corrected chi connectivity index (χ1v) is 5.59. The average molecular weight is 214 g/mol. The van der Waals surface area contributed by atoms with Crippen molar-refractivity contribution in [2.24, 2.45) is 5.41 Å². The fourth-order valence-electron chi connectivity index (χ4n) is 1.41. The van der Waals surface area contributed by atoms with Gasteiger partial charge in [-0.1, -0.05) is 20.8 Å². The van der Waals surface area contributed by atoms with Crippen LogP contribution in [0.2, 0.25) is 0 Å². The second-order valence-electron chi connectivity index (χ2n) is 5.17. The molecule has 0 bridgehead atoms. The van der Waals surface area contributed by atoms with E-state index in [-0.39, 0.29) is 17.4 Å². The maximum Gasteiger partial charge on any atom is 0.250 e. The highest BCUT2D eigenvalue weighted by Gasteiger charge is 2.21. The third kappa shape index (κ3) is 5.14. The molecule has 0 radical (unpaired) electrons. The van der Waals surface area contributed by atoms with Crippen LogP contribution >= 0.6 is 0 Å². The van der Waals surface area contributed by atoms with E-state index in [0.717, 1.165) is 19.5 Å². The predicted molar refractivity (Wildman–Crippen MR) is 59.7 cm³/mol. The van der Waals surface area contributed by atoms with Gasteiger partial charge in [0.15, 0.2) is 0 Å². The van der Waals surface area contributed by atoms with E-state index in [2.05, 4.69) is 31.4 Å². The van der Waals surface area contributed by atoms with Gasteiger partial charge in [0, 0.05) is 19.6 Å². The Bertz CT molecular complexity index is 205.